The quantitative estimate of drug-likeness (QED) is 0.662. The molecule has 1 heterocycles. The third-order valence-electron chi connectivity index (χ3n) is 2.04. The predicted octanol–water partition coefficient (Wildman–Crippen LogP) is 1.19. The highest BCUT2D eigenvalue weighted by molar-refractivity contribution is 5.78. The molecule has 1 aromatic carbocycles. The molecule has 2 rings (SSSR count). The molecule has 0 atom stereocenters. The number of H-pyrrole nitrogens is 1. The van der Waals surface area contributed by atoms with Crippen LogP contribution in [-0.4, -0.2) is 9.97 Å². The lowest BCUT2D eigenvalue weighted by molar-refractivity contribution is 1.17. The Hall–Kier alpha value is -2.59. The first kappa shape index (κ1) is 9.95. The van der Waals surface area contributed by atoms with E-state index in [1.807, 2.05) is 6.07 Å². The first-order valence-electron chi connectivity index (χ1n) is 4.64. The van der Waals surface area contributed by atoms with Crippen molar-refractivity contribution in [2.24, 2.45) is 0 Å². The van der Waals surface area contributed by atoms with Gasteiger partial charge in [-0.1, -0.05) is 11.8 Å². The lowest BCUT2D eigenvalue weighted by atomic mass is 10.1. The molecular weight excluding hydrogens is 202 g/mol. The van der Waals surface area contributed by atoms with E-state index in [0.29, 0.717) is 10.9 Å². The number of aromatic nitrogens is 2. The van der Waals surface area contributed by atoms with Gasteiger partial charge in [-0.25, -0.2) is 4.98 Å². The molecule has 0 saturated heterocycles. The van der Waals surface area contributed by atoms with E-state index in [1.165, 1.54) is 6.33 Å². The van der Waals surface area contributed by atoms with Crippen LogP contribution in [0.4, 0.5) is 0 Å². The Morgan fingerprint density at radius 2 is 2.31 bits per heavy atom. The molecule has 16 heavy (non-hydrogen) atoms. The topological polar surface area (TPSA) is 69.5 Å². The number of hydrogen-bond acceptors (Lipinski definition) is 3. The zero-order chi connectivity index (χ0) is 11.4. The zero-order valence-electron chi connectivity index (χ0n) is 8.32. The monoisotopic (exact) mass is 209 g/mol. The summed E-state index contributed by atoms with van der Waals surface area (Å²) in [5.41, 5.74) is 1.19. The maximum Gasteiger partial charge on any atom is 0.258 e. The van der Waals surface area contributed by atoms with E-state index in [-0.39, 0.29) is 12.0 Å². The summed E-state index contributed by atoms with van der Waals surface area (Å²) >= 11 is 0. The van der Waals surface area contributed by atoms with Crippen LogP contribution in [0, 0.1) is 23.2 Å². The summed E-state index contributed by atoms with van der Waals surface area (Å²) in [6.45, 7) is 0. The highest BCUT2D eigenvalue weighted by Gasteiger charge is 1.98. The van der Waals surface area contributed by atoms with E-state index in [9.17, 15) is 4.79 Å². The first-order chi connectivity index (χ1) is 7.81. The van der Waals surface area contributed by atoms with Crippen LogP contribution in [0.25, 0.3) is 10.9 Å². The fourth-order valence-corrected chi connectivity index (χ4v) is 1.33. The molecule has 0 aliphatic carbocycles. The van der Waals surface area contributed by atoms with Gasteiger partial charge < -0.3 is 4.98 Å². The van der Waals surface area contributed by atoms with Crippen molar-refractivity contribution in [1.82, 2.24) is 9.97 Å². The van der Waals surface area contributed by atoms with Gasteiger partial charge in [-0.15, -0.1) is 0 Å². The summed E-state index contributed by atoms with van der Waals surface area (Å²) in [6.07, 6.45) is 1.55. The number of aromatic amines is 1. The van der Waals surface area contributed by atoms with Crippen LogP contribution >= 0.6 is 0 Å². The summed E-state index contributed by atoms with van der Waals surface area (Å²) in [5, 5.41) is 8.88. The molecule has 4 nitrogen and oxygen atoms in total. The Labute approximate surface area is 91.6 Å². The van der Waals surface area contributed by atoms with E-state index < -0.39 is 0 Å². The van der Waals surface area contributed by atoms with Gasteiger partial charge in [-0.05, 0) is 18.2 Å². The van der Waals surface area contributed by atoms with Gasteiger partial charge in [0.05, 0.1) is 29.7 Å². The predicted molar refractivity (Wildman–Crippen MR) is 59.5 cm³/mol. The van der Waals surface area contributed by atoms with Crippen LogP contribution in [0.1, 0.15) is 12.0 Å². The van der Waals surface area contributed by atoms with Gasteiger partial charge in [0.1, 0.15) is 0 Å². The summed E-state index contributed by atoms with van der Waals surface area (Å²) in [5.74, 6) is 5.54. The van der Waals surface area contributed by atoms with E-state index in [0.717, 1.165) is 5.56 Å². The zero-order valence-corrected chi connectivity index (χ0v) is 8.32. The molecule has 2 aromatic rings. The van der Waals surface area contributed by atoms with Crippen LogP contribution in [0.15, 0.2) is 29.3 Å². The third kappa shape index (κ3) is 1.92. The first-order valence-corrected chi connectivity index (χ1v) is 4.64. The summed E-state index contributed by atoms with van der Waals surface area (Å²) < 4.78 is 0. The Morgan fingerprint density at radius 3 is 3.12 bits per heavy atom. The molecule has 76 valence electrons. The smallest absolute Gasteiger partial charge is 0.258 e. The van der Waals surface area contributed by atoms with Gasteiger partial charge in [0.2, 0.25) is 0 Å². The number of nitrogens with zero attached hydrogens (tertiary/aromatic N) is 2. The fraction of sp³-hybridized carbons (Fsp3) is 0.0833. The maximum absolute atomic E-state index is 11.4. The average molecular weight is 209 g/mol. The van der Waals surface area contributed by atoms with Crippen molar-refractivity contribution >= 4 is 10.9 Å². The number of nitrogens with one attached hydrogen (secondary N) is 1. The number of fused-ring (bicyclic) bond motifs is 1. The molecular formula is C12H7N3O. The van der Waals surface area contributed by atoms with Crippen LogP contribution in [-0.2, 0) is 0 Å². The molecule has 0 spiro atoms. The van der Waals surface area contributed by atoms with Crippen molar-refractivity contribution in [1.29, 1.82) is 5.26 Å². The Morgan fingerprint density at radius 1 is 1.44 bits per heavy atom. The summed E-state index contributed by atoms with van der Waals surface area (Å²) in [4.78, 5) is 17.9. The molecule has 4 heteroatoms. The van der Waals surface area contributed by atoms with Crippen LogP contribution in [0.5, 0.6) is 0 Å². The highest BCUT2D eigenvalue weighted by Crippen LogP contribution is 2.08. The van der Waals surface area contributed by atoms with Crippen molar-refractivity contribution in [3.05, 3.63) is 40.4 Å². The minimum absolute atomic E-state index is 0.165. The Kier molecular flexibility index (Phi) is 2.67. The molecule has 0 aliphatic rings. The van der Waals surface area contributed by atoms with Crippen LogP contribution in [0.3, 0.4) is 0 Å². The molecule has 0 radical (unpaired) electrons. The van der Waals surface area contributed by atoms with Crippen molar-refractivity contribution in [2.45, 2.75) is 6.42 Å². The van der Waals surface area contributed by atoms with E-state index >= 15 is 0 Å². The van der Waals surface area contributed by atoms with Gasteiger partial charge in [0.15, 0.2) is 0 Å². The van der Waals surface area contributed by atoms with Gasteiger partial charge in [0, 0.05) is 5.56 Å². The number of benzene rings is 1. The minimum Gasteiger partial charge on any atom is -0.313 e. The van der Waals surface area contributed by atoms with Crippen molar-refractivity contribution in [3.63, 3.8) is 0 Å². The normalized spacial score (nSPS) is 9.19. The molecule has 0 aliphatic heterocycles. The number of hydrogen-bond donors (Lipinski definition) is 1. The van der Waals surface area contributed by atoms with Crippen molar-refractivity contribution < 1.29 is 0 Å². The van der Waals surface area contributed by atoms with Crippen molar-refractivity contribution in [2.75, 3.05) is 0 Å². The summed E-state index contributed by atoms with van der Waals surface area (Å²) in [6, 6.07) is 7.09. The average Bonchev–Trinajstić information content (AvgIpc) is 2.30. The molecule has 1 aromatic heterocycles. The lowest BCUT2D eigenvalue weighted by Crippen LogP contribution is -2.05. The highest BCUT2D eigenvalue weighted by atomic mass is 16.1. The molecule has 0 amide bonds. The van der Waals surface area contributed by atoms with Gasteiger partial charge in [-0.3, -0.25) is 4.79 Å². The second-order valence-corrected chi connectivity index (χ2v) is 3.10. The van der Waals surface area contributed by atoms with E-state index in [2.05, 4.69) is 21.8 Å². The van der Waals surface area contributed by atoms with E-state index in [4.69, 9.17) is 5.26 Å². The SMILES string of the molecule is N#CCC#Cc1ccc2c(=O)[nH]cnc2c1. The second kappa shape index (κ2) is 4.29. The maximum atomic E-state index is 11.4. The fourth-order valence-electron chi connectivity index (χ4n) is 1.33. The largest absolute Gasteiger partial charge is 0.313 e. The van der Waals surface area contributed by atoms with Crippen molar-refractivity contribution in [3.8, 4) is 17.9 Å². The third-order valence-corrected chi connectivity index (χ3v) is 2.04. The number of nitriles is 1. The Bertz CT molecular complexity index is 683. The van der Waals surface area contributed by atoms with Gasteiger partial charge >= 0.3 is 0 Å². The minimum atomic E-state index is -0.165. The van der Waals surface area contributed by atoms with Gasteiger partial charge in [-0.2, -0.15) is 5.26 Å². The lowest BCUT2D eigenvalue weighted by Gasteiger charge is -1.95. The molecule has 0 fully saturated rings. The Balaban J connectivity index is 2.51. The molecule has 0 bridgehead atoms. The standard InChI is InChI=1S/C12H7N3O/c13-6-2-1-3-9-4-5-10-11(7-9)14-8-15-12(10)16/h4-5,7-8H,2H2,(H,14,15,16). The van der Waals surface area contributed by atoms with Crippen LogP contribution < -0.4 is 5.56 Å². The van der Waals surface area contributed by atoms with E-state index in [1.54, 1.807) is 18.2 Å². The summed E-state index contributed by atoms with van der Waals surface area (Å²) in [7, 11) is 0. The van der Waals surface area contributed by atoms with Crippen LogP contribution in [0.2, 0.25) is 0 Å². The molecule has 0 saturated carbocycles. The second-order valence-electron chi connectivity index (χ2n) is 3.10. The van der Waals surface area contributed by atoms with Gasteiger partial charge in [0.25, 0.3) is 5.56 Å². The molecule has 0 unspecified atom stereocenters. The molecule has 1 N–H and O–H groups in total. The number of rotatable bonds is 0.